The number of nitrogens with one attached hydrogen (secondary N) is 2. The van der Waals surface area contributed by atoms with Gasteiger partial charge in [-0.1, -0.05) is 31.0 Å². The SMILES string of the molecule is Cc1[nH]c2ccccc2c1C(=O)NCC(O)C1CCCC1. The molecule has 4 heteroatoms. The van der Waals surface area contributed by atoms with E-state index in [2.05, 4.69) is 10.3 Å². The minimum absolute atomic E-state index is 0.109. The molecule has 4 nitrogen and oxygen atoms in total. The van der Waals surface area contributed by atoms with E-state index in [1.165, 1.54) is 12.8 Å². The van der Waals surface area contributed by atoms with E-state index in [1.807, 2.05) is 31.2 Å². The van der Waals surface area contributed by atoms with Crippen LogP contribution in [0.15, 0.2) is 24.3 Å². The Morgan fingerprint density at radius 1 is 1.38 bits per heavy atom. The summed E-state index contributed by atoms with van der Waals surface area (Å²) in [6.45, 7) is 2.24. The third-order valence-corrected chi connectivity index (χ3v) is 4.54. The van der Waals surface area contributed by atoms with Gasteiger partial charge in [0.05, 0.1) is 11.7 Å². The molecule has 0 spiro atoms. The summed E-state index contributed by atoms with van der Waals surface area (Å²) in [5.41, 5.74) is 2.52. The van der Waals surface area contributed by atoms with E-state index in [-0.39, 0.29) is 5.91 Å². The average molecular weight is 286 g/mol. The van der Waals surface area contributed by atoms with Crippen molar-refractivity contribution < 1.29 is 9.90 Å². The Bertz CT molecular complexity index is 641. The van der Waals surface area contributed by atoms with Crippen molar-refractivity contribution in [2.24, 2.45) is 5.92 Å². The average Bonchev–Trinajstić information content (AvgIpc) is 3.10. The molecule has 0 saturated heterocycles. The fraction of sp³-hybridized carbons (Fsp3) is 0.471. The lowest BCUT2D eigenvalue weighted by molar-refractivity contribution is 0.0841. The molecule has 21 heavy (non-hydrogen) atoms. The van der Waals surface area contributed by atoms with E-state index in [0.717, 1.165) is 29.4 Å². The molecule has 0 bridgehead atoms. The first-order valence-electron chi connectivity index (χ1n) is 7.70. The fourth-order valence-electron chi connectivity index (χ4n) is 3.36. The molecule has 0 aliphatic heterocycles. The zero-order valence-electron chi connectivity index (χ0n) is 12.4. The lowest BCUT2D eigenvalue weighted by Gasteiger charge is -2.18. The van der Waals surface area contributed by atoms with E-state index in [4.69, 9.17) is 0 Å². The Morgan fingerprint density at radius 2 is 2.10 bits per heavy atom. The number of carbonyl (C=O) groups is 1. The lowest BCUT2D eigenvalue weighted by atomic mass is 10.0. The molecule has 0 radical (unpaired) electrons. The van der Waals surface area contributed by atoms with Crippen molar-refractivity contribution in [2.75, 3.05) is 6.54 Å². The van der Waals surface area contributed by atoms with Crippen LogP contribution in [0.1, 0.15) is 41.7 Å². The third kappa shape index (κ3) is 2.81. The van der Waals surface area contributed by atoms with Crippen LogP contribution in [-0.2, 0) is 0 Å². The zero-order chi connectivity index (χ0) is 14.8. The molecule has 1 aliphatic carbocycles. The normalized spacial score (nSPS) is 17.2. The minimum Gasteiger partial charge on any atom is -0.391 e. The Hall–Kier alpha value is -1.81. The number of benzene rings is 1. The first-order valence-corrected chi connectivity index (χ1v) is 7.70. The van der Waals surface area contributed by atoms with E-state index in [0.29, 0.717) is 18.0 Å². The molecular formula is C17H22N2O2. The van der Waals surface area contributed by atoms with E-state index >= 15 is 0 Å². The van der Waals surface area contributed by atoms with Crippen LogP contribution in [0.25, 0.3) is 10.9 Å². The van der Waals surface area contributed by atoms with Gasteiger partial charge in [-0.25, -0.2) is 0 Å². The number of aliphatic hydroxyl groups is 1. The maximum atomic E-state index is 12.4. The van der Waals surface area contributed by atoms with Crippen molar-refractivity contribution in [1.82, 2.24) is 10.3 Å². The Balaban J connectivity index is 1.70. The second kappa shape index (κ2) is 5.90. The molecule has 1 aromatic heterocycles. The summed E-state index contributed by atoms with van der Waals surface area (Å²) in [7, 11) is 0. The van der Waals surface area contributed by atoms with Gasteiger partial charge in [-0.15, -0.1) is 0 Å². The smallest absolute Gasteiger partial charge is 0.253 e. The second-order valence-corrected chi connectivity index (χ2v) is 5.99. The van der Waals surface area contributed by atoms with Gasteiger partial charge in [-0.2, -0.15) is 0 Å². The molecule has 112 valence electrons. The molecule has 1 unspecified atom stereocenters. The molecule has 3 rings (SSSR count). The lowest BCUT2D eigenvalue weighted by Crippen LogP contribution is -2.35. The highest BCUT2D eigenvalue weighted by Crippen LogP contribution is 2.27. The number of para-hydroxylation sites is 1. The number of carbonyl (C=O) groups excluding carboxylic acids is 1. The standard InChI is InChI=1S/C17H22N2O2/c1-11-16(13-8-4-5-9-14(13)19-11)17(21)18-10-15(20)12-6-2-3-7-12/h4-5,8-9,12,15,19-20H,2-3,6-7,10H2,1H3,(H,18,21). The number of hydrogen-bond donors (Lipinski definition) is 3. The maximum Gasteiger partial charge on any atom is 0.253 e. The van der Waals surface area contributed by atoms with Crippen molar-refractivity contribution in [3.8, 4) is 0 Å². The Morgan fingerprint density at radius 3 is 2.86 bits per heavy atom. The number of hydrogen-bond acceptors (Lipinski definition) is 2. The summed E-state index contributed by atoms with van der Waals surface area (Å²) >= 11 is 0. The summed E-state index contributed by atoms with van der Waals surface area (Å²) in [6, 6.07) is 7.79. The number of amides is 1. The first kappa shape index (κ1) is 14.1. The van der Waals surface area contributed by atoms with Crippen molar-refractivity contribution in [1.29, 1.82) is 0 Å². The van der Waals surface area contributed by atoms with Crippen LogP contribution < -0.4 is 5.32 Å². The number of aromatic nitrogens is 1. The summed E-state index contributed by atoms with van der Waals surface area (Å²) in [4.78, 5) is 15.6. The maximum absolute atomic E-state index is 12.4. The highest BCUT2D eigenvalue weighted by atomic mass is 16.3. The van der Waals surface area contributed by atoms with Gasteiger partial charge in [0.2, 0.25) is 0 Å². The number of fused-ring (bicyclic) bond motifs is 1. The highest BCUT2D eigenvalue weighted by molar-refractivity contribution is 6.08. The highest BCUT2D eigenvalue weighted by Gasteiger charge is 2.24. The van der Waals surface area contributed by atoms with Gasteiger partial charge >= 0.3 is 0 Å². The van der Waals surface area contributed by atoms with Gasteiger partial charge in [0.25, 0.3) is 5.91 Å². The van der Waals surface area contributed by atoms with Crippen LogP contribution in [-0.4, -0.2) is 28.6 Å². The molecule has 2 aromatic rings. The predicted molar refractivity (Wildman–Crippen MR) is 83.3 cm³/mol. The Labute approximate surface area is 124 Å². The van der Waals surface area contributed by atoms with Crippen molar-refractivity contribution in [2.45, 2.75) is 38.7 Å². The monoisotopic (exact) mass is 286 g/mol. The van der Waals surface area contributed by atoms with Gasteiger partial charge in [-0.05, 0) is 31.7 Å². The van der Waals surface area contributed by atoms with Gasteiger partial charge in [0.15, 0.2) is 0 Å². The van der Waals surface area contributed by atoms with Crippen LogP contribution in [0, 0.1) is 12.8 Å². The quantitative estimate of drug-likeness (QED) is 0.809. The summed E-state index contributed by atoms with van der Waals surface area (Å²) < 4.78 is 0. The minimum atomic E-state index is -0.429. The molecule has 1 aromatic carbocycles. The van der Waals surface area contributed by atoms with E-state index in [9.17, 15) is 9.90 Å². The van der Waals surface area contributed by atoms with Crippen molar-refractivity contribution in [3.63, 3.8) is 0 Å². The third-order valence-electron chi connectivity index (χ3n) is 4.54. The van der Waals surface area contributed by atoms with E-state index in [1.54, 1.807) is 0 Å². The number of H-pyrrole nitrogens is 1. The predicted octanol–water partition coefficient (Wildman–Crippen LogP) is 2.76. The van der Waals surface area contributed by atoms with Crippen LogP contribution in [0.4, 0.5) is 0 Å². The molecule has 3 N–H and O–H groups in total. The van der Waals surface area contributed by atoms with Crippen LogP contribution in [0.3, 0.4) is 0 Å². The van der Waals surface area contributed by atoms with Gasteiger partial charge in [0, 0.05) is 23.1 Å². The van der Waals surface area contributed by atoms with Crippen LogP contribution in [0.5, 0.6) is 0 Å². The fourth-order valence-corrected chi connectivity index (χ4v) is 3.36. The second-order valence-electron chi connectivity index (χ2n) is 5.99. The number of aromatic amines is 1. The van der Waals surface area contributed by atoms with E-state index < -0.39 is 6.10 Å². The first-order chi connectivity index (χ1) is 10.2. The molecule has 1 aliphatic rings. The van der Waals surface area contributed by atoms with Crippen molar-refractivity contribution in [3.05, 3.63) is 35.5 Å². The number of rotatable bonds is 4. The molecule has 1 amide bonds. The van der Waals surface area contributed by atoms with Gasteiger partial charge < -0.3 is 15.4 Å². The molecular weight excluding hydrogens is 264 g/mol. The molecule has 1 atom stereocenters. The summed E-state index contributed by atoms with van der Waals surface area (Å²) in [5, 5.41) is 14.0. The van der Waals surface area contributed by atoms with Gasteiger partial charge in [-0.3, -0.25) is 4.79 Å². The molecule has 1 fully saturated rings. The van der Waals surface area contributed by atoms with Crippen LogP contribution >= 0.6 is 0 Å². The summed E-state index contributed by atoms with van der Waals surface area (Å²) in [6.07, 6.45) is 4.10. The zero-order valence-corrected chi connectivity index (χ0v) is 12.4. The van der Waals surface area contributed by atoms with Gasteiger partial charge in [0.1, 0.15) is 0 Å². The number of aryl methyl sites for hydroxylation is 1. The largest absolute Gasteiger partial charge is 0.391 e. The molecule has 1 saturated carbocycles. The van der Waals surface area contributed by atoms with Crippen LogP contribution in [0.2, 0.25) is 0 Å². The summed E-state index contributed by atoms with van der Waals surface area (Å²) in [5.74, 6) is 0.233. The Kier molecular flexibility index (Phi) is 3.97. The number of aliphatic hydroxyl groups excluding tert-OH is 1. The molecule has 1 heterocycles. The van der Waals surface area contributed by atoms with Crippen molar-refractivity contribution >= 4 is 16.8 Å². The topological polar surface area (TPSA) is 65.1 Å².